The number of fused-ring (bicyclic) bond motifs is 3. The van der Waals surface area contributed by atoms with E-state index in [0.717, 1.165) is 6.04 Å². The Morgan fingerprint density at radius 1 is 1.00 bits per heavy atom. The van der Waals surface area contributed by atoms with Gasteiger partial charge in [0.2, 0.25) is 0 Å². The number of anilines is 1. The fourth-order valence-corrected chi connectivity index (χ4v) is 6.58. The quantitative estimate of drug-likeness (QED) is 0.697. The molecule has 2 saturated carbocycles. The lowest BCUT2D eigenvalue weighted by Crippen LogP contribution is -2.55. The molecule has 1 aromatic rings. The van der Waals surface area contributed by atoms with Gasteiger partial charge in [-0.3, -0.25) is 9.89 Å². The van der Waals surface area contributed by atoms with Gasteiger partial charge < -0.3 is 4.90 Å². The van der Waals surface area contributed by atoms with Gasteiger partial charge in [-0.2, -0.15) is 0 Å². The predicted octanol–water partition coefficient (Wildman–Crippen LogP) is 5.57. The molecule has 27 heavy (non-hydrogen) atoms. The minimum atomic E-state index is 0.334. The molecule has 2 heterocycles. The van der Waals surface area contributed by atoms with Crippen LogP contribution in [0.2, 0.25) is 0 Å². The van der Waals surface area contributed by atoms with E-state index in [-0.39, 0.29) is 0 Å². The summed E-state index contributed by atoms with van der Waals surface area (Å²) in [6.07, 6.45) is 13.6. The highest BCUT2D eigenvalue weighted by Crippen LogP contribution is 2.52. The molecule has 2 atom stereocenters. The lowest BCUT2D eigenvalue weighted by atomic mass is 9.78. The van der Waals surface area contributed by atoms with Gasteiger partial charge in [0.05, 0.1) is 11.4 Å². The predicted molar refractivity (Wildman–Crippen MR) is 114 cm³/mol. The van der Waals surface area contributed by atoms with Crippen LogP contribution in [0.5, 0.6) is 0 Å². The Morgan fingerprint density at radius 3 is 2.70 bits per heavy atom. The van der Waals surface area contributed by atoms with E-state index >= 15 is 0 Å². The average molecular weight is 366 g/mol. The van der Waals surface area contributed by atoms with Crippen LogP contribution in [0.4, 0.5) is 11.4 Å². The molecule has 146 valence electrons. The van der Waals surface area contributed by atoms with Crippen molar-refractivity contribution in [2.75, 3.05) is 24.5 Å². The summed E-state index contributed by atoms with van der Waals surface area (Å²) in [4.78, 5) is 10.8. The zero-order valence-corrected chi connectivity index (χ0v) is 17.0. The van der Waals surface area contributed by atoms with Crippen molar-refractivity contribution in [2.45, 2.75) is 82.7 Å². The SMILES string of the molecule is CC1CCCCN1CCN1c2ccccc2N=C2CCCC2C12CCCC2. The summed E-state index contributed by atoms with van der Waals surface area (Å²) >= 11 is 0. The Labute approximate surface area is 164 Å². The highest BCUT2D eigenvalue weighted by molar-refractivity contribution is 5.95. The summed E-state index contributed by atoms with van der Waals surface area (Å²) < 4.78 is 0. The number of nitrogens with zero attached hydrogens (tertiary/aromatic N) is 3. The number of hydrogen-bond donors (Lipinski definition) is 0. The van der Waals surface area contributed by atoms with E-state index in [2.05, 4.69) is 41.0 Å². The number of benzene rings is 1. The van der Waals surface area contributed by atoms with Crippen molar-refractivity contribution in [3.63, 3.8) is 0 Å². The molecular weight excluding hydrogens is 330 g/mol. The van der Waals surface area contributed by atoms with Gasteiger partial charge in [0, 0.05) is 36.3 Å². The molecule has 3 nitrogen and oxygen atoms in total. The number of para-hydroxylation sites is 2. The molecule has 3 heteroatoms. The molecule has 0 amide bonds. The topological polar surface area (TPSA) is 18.8 Å². The van der Waals surface area contributed by atoms with E-state index in [9.17, 15) is 0 Å². The Balaban J connectivity index is 1.50. The van der Waals surface area contributed by atoms with Crippen molar-refractivity contribution >= 4 is 17.1 Å². The summed E-state index contributed by atoms with van der Waals surface area (Å²) in [7, 11) is 0. The molecule has 4 aliphatic rings. The Hall–Kier alpha value is -1.35. The summed E-state index contributed by atoms with van der Waals surface area (Å²) in [5.74, 6) is 0.686. The van der Waals surface area contributed by atoms with Gasteiger partial charge in [0.1, 0.15) is 0 Å². The van der Waals surface area contributed by atoms with Crippen molar-refractivity contribution in [3.05, 3.63) is 24.3 Å². The zero-order chi connectivity index (χ0) is 18.3. The smallest absolute Gasteiger partial charge is 0.0862 e. The Morgan fingerprint density at radius 2 is 1.85 bits per heavy atom. The fourth-order valence-electron chi connectivity index (χ4n) is 6.58. The standard InChI is InChI=1S/C24H35N3/c1-19-9-4-7-16-26(19)17-18-27-23-13-3-2-11-22(23)25-21-12-8-10-20(21)24(27)14-5-6-15-24/h2-3,11,13,19-20H,4-10,12,14-18H2,1H3. The highest BCUT2D eigenvalue weighted by atomic mass is 15.3. The minimum absolute atomic E-state index is 0.334. The van der Waals surface area contributed by atoms with Crippen LogP contribution < -0.4 is 4.90 Å². The van der Waals surface area contributed by atoms with Crippen LogP contribution in [-0.4, -0.2) is 41.8 Å². The third-order valence-corrected chi connectivity index (χ3v) is 7.97. The molecule has 0 bridgehead atoms. The third-order valence-electron chi connectivity index (χ3n) is 7.97. The fraction of sp³-hybridized carbons (Fsp3) is 0.708. The van der Waals surface area contributed by atoms with Gasteiger partial charge in [-0.1, -0.05) is 31.4 Å². The van der Waals surface area contributed by atoms with Crippen LogP contribution in [0.1, 0.15) is 71.1 Å². The lowest BCUT2D eigenvalue weighted by Gasteiger charge is -2.47. The summed E-state index contributed by atoms with van der Waals surface area (Å²) in [6, 6.07) is 9.74. The first-order chi connectivity index (χ1) is 13.3. The van der Waals surface area contributed by atoms with Crippen LogP contribution in [0.15, 0.2) is 29.3 Å². The van der Waals surface area contributed by atoms with E-state index in [0.29, 0.717) is 11.5 Å². The molecule has 2 unspecified atom stereocenters. The number of likely N-dealkylation sites (tertiary alicyclic amines) is 1. The molecule has 1 saturated heterocycles. The van der Waals surface area contributed by atoms with Crippen LogP contribution in [-0.2, 0) is 0 Å². The molecular formula is C24H35N3. The molecule has 5 rings (SSSR count). The first kappa shape index (κ1) is 17.7. The largest absolute Gasteiger partial charge is 0.362 e. The lowest BCUT2D eigenvalue weighted by molar-refractivity contribution is 0.159. The van der Waals surface area contributed by atoms with Gasteiger partial charge in [-0.15, -0.1) is 0 Å². The number of aliphatic imine (C=N–C) groups is 1. The summed E-state index contributed by atoms with van der Waals surface area (Å²) in [5, 5.41) is 0. The van der Waals surface area contributed by atoms with Crippen LogP contribution in [0, 0.1) is 5.92 Å². The second-order valence-electron chi connectivity index (χ2n) is 9.38. The molecule has 0 aromatic heterocycles. The Bertz CT molecular complexity index is 703. The third kappa shape index (κ3) is 3.03. The van der Waals surface area contributed by atoms with Crippen molar-refractivity contribution < 1.29 is 0 Å². The summed E-state index contributed by atoms with van der Waals surface area (Å²) in [5.41, 5.74) is 4.49. The maximum atomic E-state index is 5.24. The van der Waals surface area contributed by atoms with Gasteiger partial charge in [0.15, 0.2) is 0 Å². The van der Waals surface area contributed by atoms with E-state index in [1.54, 1.807) is 0 Å². The van der Waals surface area contributed by atoms with Gasteiger partial charge in [-0.05, 0) is 70.5 Å². The first-order valence-corrected chi connectivity index (χ1v) is 11.5. The van der Waals surface area contributed by atoms with E-state index in [4.69, 9.17) is 4.99 Å². The van der Waals surface area contributed by atoms with Gasteiger partial charge >= 0.3 is 0 Å². The van der Waals surface area contributed by atoms with Crippen molar-refractivity contribution in [1.82, 2.24) is 4.90 Å². The minimum Gasteiger partial charge on any atom is -0.362 e. The normalized spacial score (nSPS) is 30.1. The van der Waals surface area contributed by atoms with Crippen LogP contribution >= 0.6 is 0 Å². The van der Waals surface area contributed by atoms with Crippen molar-refractivity contribution in [2.24, 2.45) is 10.9 Å². The van der Waals surface area contributed by atoms with Gasteiger partial charge in [-0.25, -0.2) is 0 Å². The highest BCUT2D eigenvalue weighted by Gasteiger charge is 2.50. The first-order valence-electron chi connectivity index (χ1n) is 11.5. The Kier molecular flexibility index (Phi) is 4.75. The van der Waals surface area contributed by atoms with Crippen LogP contribution in [0.25, 0.3) is 0 Å². The van der Waals surface area contributed by atoms with E-state index in [1.165, 1.54) is 101 Å². The zero-order valence-electron chi connectivity index (χ0n) is 17.0. The monoisotopic (exact) mass is 365 g/mol. The average Bonchev–Trinajstić information content (AvgIpc) is 3.33. The van der Waals surface area contributed by atoms with Crippen molar-refractivity contribution in [3.8, 4) is 0 Å². The molecule has 2 aliphatic heterocycles. The molecule has 3 fully saturated rings. The number of hydrogen-bond acceptors (Lipinski definition) is 3. The number of piperidine rings is 1. The summed E-state index contributed by atoms with van der Waals surface area (Å²) in [6.45, 7) is 6.09. The maximum absolute atomic E-state index is 5.24. The molecule has 1 aromatic carbocycles. The van der Waals surface area contributed by atoms with E-state index < -0.39 is 0 Å². The van der Waals surface area contributed by atoms with Gasteiger partial charge in [0.25, 0.3) is 0 Å². The maximum Gasteiger partial charge on any atom is 0.0862 e. The molecule has 2 aliphatic carbocycles. The molecule has 1 spiro atoms. The molecule has 0 N–H and O–H groups in total. The second-order valence-corrected chi connectivity index (χ2v) is 9.38. The van der Waals surface area contributed by atoms with E-state index in [1.807, 2.05) is 0 Å². The molecule has 0 radical (unpaired) electrons. The number of rotatable bonds is 3. The second kappa shape index (κ2) is 7.24. The van der Waals surface area contributed by atoms with Crippen molar-refractivity contribution in [1.29, 1.82) is 0 Å². The van der Waals surface area contributed by atoms with Crippen LogP contribution in [0.3, 0.4) is 0 Å².